The first-order valence-corrected chi connectivity index (χ1v) is 7.32. The number of rotatable bonds is 5. The van der Waals surface area contributed by atoms with Crippen molar-refractivity contribution >= 4 is 45.1 Å². The van der Waals surface area contributed by atoms with Gasteiger partial charge in [-0.05, 0) is 64.0 Å². The molecule has 1 amide bonds. The van der Waals surface area contributed by atoms with Crippen molar-refractivity contribution in [2.24, 2.45) is 0 Å². The molecule has 22 heavy (non-hydrogen) atoms. The third kappa shape index (κ3) is 4.47. The van der Waals surface area contributed by atoms with Gasteiger partial charge in [-0.2, -0.15) is 0 Å². The van der Waals surface area contributed by atoms with E-state index in [0.717, 1.165) is 0 Å². The molecule has 0 aliphatic heterocycles. The Hall–Kier alpha value is -2.05. The average molecular weight is 384 g/mol. The Bertz CT molecular complexity index is 703. The van der Waals surface area contributed by atoms with Crippen LogP contribution in [0.2, 0.25) is 5.02 Å². The van der Waals surface area contributed by atoms with Gasteiger partial charge >= 0.3 is 0 Å². The number of carbonyl (C=O) groups excluding carboxylic acids is 2. The Morgan fingerprint density at radius 3 is 2.45 bits per heavy atom. The first-order valence-electron chi connectivity index (χ1n) is 6.15. The maximum atomic E-state index is 11.8. The largest absolute Gasteiger partial charge is 0.545 e. The predicted octanol–water partition coefficient (Wildman–Crippen LogP) is 2.48. The van der Waals surface area contributed by atoms with Gasteiger partial charge < -0.3 is 20.0 Å². The van der Waals surface area contributed by atoms with E-state index < -0.39 is 5.97 Å². The summed E-state index contributed by atoms with van der Waals surface area (Å²) in [6.45, 7) is -0.216. The van der Waals surface area contributed by atoms with Gasteiger partial charge in [-0.25, -0.2) is 0 Å². The molecule has 2 aromatic rings. The number of ether oxygens (including phenoxy) is 1. The molecule has 1 N–H and O–H groups in total. The van der Waals surface area contributed by atoms with Crippen molar-refractivity contribution in [2.45, 2.75) is 0 Å². The Morgan fingerprint density at radius 2 is 1.86 bits per heavy atom. The van der Waals surface area contributed by atoms with Crippen molar-refractivity contribution < 1.29 is 19.4 Å². The molecular formula is C15H10BrClNO4-. The Labute approximate surface area is 140 Å². The minimum atomic E-state index is -1.28. The molecule has 0 heterocycles. The van der Waals surface area contributed by atoms with Crippen LogP contribution in [0.1, 0.15) is 10.4 Å². The van der Waals surface area contributed by atoms with Gasteiger partial charge in [-0.1, -0.05) is 11.6 Å². The van der Waals surface area contributed by atoms with E-state index in [1.165, 1.54) is 18.2 Å². The normalized spacial score (nSPS) is 10.1. The van der Waals surface area contributed by atoms with Crippen molar-refractivity contribution in [3.05, 3.63) is 57.5 Å². The second-order valence-corrected chi connectivity index (χ2v) is 5.57. The van der Waals surface area contributed by atoms with Crippen LogP contribution in [0.4, 0.5) is 5.69 Å². The molecule has 2 rings (SSSR count). The highest BCUT2D eigenvalue weighted by Gasteiger charge is 2.07. The maximum Gasteiger partial charge on any atom is 0.262 e. The van der Waals surface area contributed by atoms with Gasteiger partial charge in [0.25, 0.3) is 5.91 Å². The highest BCUT2D eigenvalue weighted by molar-refractivity contribution is 9.10. The van der Waals surface area contributed by atoms with Gasteiger partial charge in [-0.15, -0.1) is 0 Å². The number of anilines is 1. The molecule has 0 aliphatic carbocycles. The number of benzene rings is 2. The molecule has 0 fully saturated rings. The number of halogens is 2. The summed E-state index contributed by atoms with van der Waals surface area (Å²) in [6, 6.07) is 10.8. The number of carbonyl (C=O) groups is 2. The Balaban J connectivity index is 1.93. The zero-order chi connectivity index (χ0) is 16.1. The summed E-state index contributed by atoms with van der Waals surface area (Å²) >= 11 is 8.93. The lowest BCUT2D eigenvalue weighted by Gasteiger charge is -2.10. The summed E-state index contributed by atoms with van der Waals surface area (Å²) in [5, 5.41) is 13.9. The maximum absolute atomic E-state index is 11.8. The molecule has 0 bridgehead atoms. The molecule has 2 aromatic carbocycles. The quantitative estimate of drug-likeness (QED) is 0.860. The van der Waals surface area contributed by atoms with Gasteiger partial charge in [0, 0.05) is 10.7 Å². The molecule has 0 aliphatic rings. The summed E-state index contributed by atoms with van der Waals surface area (Å²) < 4.78 is 5.76. The highest BCUT2D eigenvalue weighted by Crippen LogP contribution is 2.25. The fraction of sp³-hybridized carbons (Fsp3) is 0.0667. The van der Waals surface area contributed by atoms with E-state index in [1.54, 1.807) is 24.3 Å². The number of hydrogen-bond acceptors (Lipinski definition) is 4. The van der Waals surface area contributed by atoms with Gasteiger partial charge in [0.15, 0.2) is 6.61 Å². The van der Waals surface area contributed by atoms with Crippen LogP contribution in [0, 0.1) is 0 Å². The molecule has 0 atom stereocenters. The lowest BCUT2D eigenvalue weighted by molar-refractivity contribution is -0.255. The summed E-state index contributed by atoms with van der Waals surface area (Å²) in [7, 11) is 0. The first kappa shape index (κ1) is 16.3. The highest BCUT2D eigenvalue weighted by atomic mass is 79.9. The van der Waals surface area contributed by atoms with E-state index in [2.05, 4.69) is 21.2 Å². The van der Waals surface area contributed by atoms with Crippen LogP contribution in [-0.2, 0) is 4.79 Å². The van der Waals surface area contributed by atoms with Crippen LogP contribution in [0.5, 0.6) is 5.75 Å². The smallest absolute Gasteiger partial charge is 0.262 e. The number of hydrogen-bond donors (Lipinski definition) is 1. The molecule has 0 unspecified atom stereocenters. The zero-order valence-corrected chi connectivity index (χ0v) is 13.5. The minimum absolute atomic E-state index is 0.0184. The third-order valence-electron chi connectivity index (χ3n) is 2.65. The molecular weight excluding hydrogens is 374 g/mol. The summed E-state index contributed by atoms with van der Waals surface area (Å²) in [5.74, 6) is -1.28. The number of carboxylic acids is 1. The van der Waals surface area contributed by atoms with Gasteiger partial charge in [0.2, 0.25) is 0 Å². The SMILES string of the molecule is O=C(COc1ccc(C(=O)[O-])cc1Br)Nc1ccc(Cl)cc1. The lowest BCUT2D eigenvalue weighted by atomic mass is 10.2. The Morgan fingerprint density at radius 1 is 1.18 bits per heavy atom. The molecule has 5 nitrogen and oxygen atoms in total. The molecule has 7 heteroatoms. The standard InChI is InChI=1S/C15H11BrClNO4/c16-12-7-9(15(20)21)1-6-13(12)22-8-14(19)18-11-4-2-10(17)3-5-11/h1-7H,8H2,(H,18,19)(H,20,21)/p-1. The van der Waals surface area contributed by atoms with Crippen molar-refractivity contribution in [3.8, 4) is 5.75 Å². The number of aromatic carboxylic acids is 1. The van der Waals surface area contributed by atoms with Gasteiger partial charge in [-0.3, -0.25) is 4.79 Å². The van der Waals surface area contributed by atoms with E-state index in [-0.39, 0.29) is 18.1 Å². The second-order valence-electron chi connectivity index (χ2n) is 4.28. The average Bonchev–Trinajstić information content (AvgIpc) is 2.48. The number of carboxylic acid groups (broad SMARTS) is 1. The van der Waals surface area contributed by atoms with Gasteiger partial charge in [0.05, 0.1) is 10.4 Å². The van der Waals surface area contributed by atoms with E-state index in [9.17, 15) is 14.7 Å². The molecule has 0 saturated carbocycles. The fourth-order valence-electron chi connectivity index (χ4n) is 1.62. The monoisotopic (exact) mass is 382 g/mol. The van der Waals surface area contributed by atoms with E-state index >= 15 is 0 Å². The van der Waals surface area contributed by atoms with Crippen LogP contribution in [-0.4, -0.2) is 18.5 Å². The van der Waals surface area contributed by atoms with E-state index in [1.807, 2.05) is 0 Å². The van der Waals surface area contributed by atoms with Crippen molar-refractivity contribution in [3.63, 3.8) is 0 Å². The van der Waals surface area contributed by atoms with Crippen LogP contribution in [0.25, 0.3) is 0 Å². The predicted molar refractivity (Wildman–Crippen MR) is 84.0 cm³/mol. The zero-order valence-electron chi connectivity index (χ0n) is 11.1. The second kappa shape index (κ2) is 7.29. The summed E-state index contributed by atoms with van der Waals surface area (Å²) in [5.41, 5.74) is 0.620. The number of amides is 1. The third-order valence-corrected chi connectivity index (χ3v) is 3.53. The van der Waals surface area contributed by atoms with Crippen LogP contribution < -0.4 is 15.2 Å². The van der Waals surface area contributed by atoms with Crippen molar-refractivity contribution in [1.29, 1.82) is 0 Å². The van der Waals surface area contributed by atoms with Crippen LogP contribution in [0.15, 0.2) is 46.9 Å². The van der Waals surface area contributed by atoms with Crippen LogP contribution in [0.3, 0.4) is 0 Å². The first-order chi connectivity index (χ1) is 10.5. The molecule has 114 valence electrons. The van der Waals surface area contributed by atoms with E-state index in [4.69, 9.17) is 16.3 Å². The summed E-state index contributed by atoms with van der Waals surface area (Å²) in [6.07, 6.45) is 0. The summed E-state index contributed by atoms with van der Waals surface area (Å²) in [4.78, 5) is 22.5. The number of nitrogens with one attached hydrogen (secondary N) is 1. The van der Waals surface area contributed by atoms with Crippen molar-refractivity contribution in [2.75, 3.05) is 11.9 Å². The van der Waals surface area contributed by atoms with Gasteiger partial charge in [0.1, 0.15) is 5.75 Å². The minimum Gasteiger partial charge on any atom is -0.545 e. The molecule has 0 spiro atoms. The van der Waals surface area contributed by atoms with Crippen LogP contribution >= 0.6 is 27.5 Å². The molecule has 0 saturated heterocycles. The molecule has 0 radical (unpaired) electrons. The Kier molecular flexibility index (Phi) is 5.41. The molecule has 0 aromatic heterocycles. The van der Waals surface area contributed by atoms with E-state index in [0.29, 0.717) is 20.9 Å². The topological polar surface area (TPSA) is 78.5 Å². The lowest BCUT2D eigenvalue weighted by Crippen LogP contribution is -2.22. The van der Waals surface area contributed by atoms with Crippen molar-refractivity contribution in [1.82, 2.24) is 0 Å². The fourth-order valence-corrected chi connectivity index (χ4v) is 2.24.